The third-order valence-corrected chi connectivity index (χ3v) is 11.1. The van der Waals surface area contributed by atoms with E-state index in [1.165, 1.54) is 44.9 Å². The number of hydrogen-bond donors (Lipinski definition) is 0. The van der Waals surface area contributed by atoms with Gasteiger partial charge in [-0.05, 0) is 104 Å². The molecule has 0 heterocycles. The summed E-state index contributed by atoms with van der Waals surface area (Å²) in [5, 5.41) is 0. The molecule has 0 saturated heterocycles. The molecule has 4 rings (SSSR count). The zero-order chi connectivity index (χ0) is 24.0. The second kappa shape index (κ2) is 9.54. The second-order valence-corrected chi connectivity index (χ2v) is 13.0. The molecule has 2 heteroatoms. The third kappa shape index (κ3) is 4.50. The Balaban J connectivity index is 1.49. The van der Waals surface area contributed by atoms with Gasteiger partial charge in [-0.15, -0.1) is 0 Å². The number of fused-ring (bicyclic) bond motifs is 5. The molecule has 0 radical (unpaired) electrons. The Bertz CT molecular complexity index is 778. The fourth-order valence-corrected chi connectivity index (χ4v) is 9.15. The van der Waals surface area contributed by atoms with Crippen molar-refractivity contribution in [2.75, 3.05) is 0 Å². The van der Waals surface area contributed by atoms with Crippen LogP contribution in [0.5, 0.6) is 0 Å². The zero-order valence-corrected chi connectivity index (χ0v) is 22.5. The molecule has 9 atom stereocenters. The molecule has 0 spiro atoms. The van der Waals surface area contributed by atoms with E-state index in [0.29, 0.717) is 16.7 Å². The normalized spacial score (nSPS) is 42.3. The minimum Gasteiger partial charge on any atom is -0.462 e. The summed E-state index contributed by atoms with van der Waals surface area (Å²) >= 11 is 0. The Hall–Kier alpha value is -1.05. The molecule has 186 valence electrons. The van der Waals surface area contributed by atoms with Crippen LogP contribution in [0.25, 0.3) is 0 Å². The minimum atomic E-state index is -0.120. The van der Waals surface area contributed by atoms with E-state index in [1.54, 1.807) is 12.5 Å². The van der Waals surface area contributed by atoms with Gasteiger partial charge in [0, 0.05) is 13.3 Å². The number of esters is 1. The van der Waals surface area contributed by atoms with E-state index in [4.69, 9.17) is 4.74 Å². The first-order valence-electron chi connectivity index (χ1n) is 14.1. The maximum Gasteiger partial charge on any atom is 0.302 e. The number of hydrogen-bond acceptors (Lipinski definition) is 2. The molecule has 4 aliphatic carbocycles. The number of rotatable bonds is 6. The van der Waals surface area contributed by atoms with Crippen LogP contribution in [0, 0.1) is 52.3 Å². The van der Waals surface area contributed by atoms with Crippen molar-refractivity contribution in [3.8, 4) is 0 Å². The highest BCUT2D eigenvalue weighted by molar-refractivity contribution is 5.66. The van der Waals surface area contributed by atoms with Gasteiger partial charge in [-0.25, -0.2) is 0 Å². The van der Waals surface area contributed by atoms with Crippen molar-refractivity contribution >= 4 is 5.97 Å². The summed E-state index contributed by atoms with van der Waals surface area (Å²) in [4.78, 5) is 11.5. The van der Waals surface area contributed by atoms with E-state index < -0.39 is 0 Å². The van der Waals surface area contributed by atoms with Gasteiger partial charge in [0.05, 0.1) is 0 Å². The van der Waals surface area contributed by atoms with Crippen LogP contribution in [0.2, 0.25) is 0 Å². The minimum absolute atomic E-state index is 0.105. The lowest BCUT2D eigenvalue weighted by molar-refractivity contribution is -0.148. The van der Waals surface area contributed by atoms with E-state index in [2.05, 4.69) is 59.8 Å². The molecule has 0 aromatic heterocycles. The molecule has 3 saturated carbocycles. The molecule has 33 heavy (non-hydrogen) atoms. The molecule has 0 aromatic rings. The summed E-state index contributed by atoms with van der Waals surface area (Å²) in [6, 6.07) is 0. The maximum absolute atomic E-state index is 11.5. The lowest BCUT2D eigenvalue weighted by Crippen LogP contribution is -2.51. The average molecular weight is 455 g/mol. The fourth-order valence-electron chi connectivity index (χ4n) is 9.15. The van der Waals surface area contributed by atoms with Crippen LogP contribution in [-0.2, 0) is 9.53 Å². The van der Waals surface area contributed by atoms with Gasteiger partial charge in [0.25, 0.3) is 0 Å². The van der Waals surface area contributed by atoms with Gasteiger partial charge >= 0.3 is 5.97 Å². The summed E-state index contributed by atoms with van der Waals surface area (Å²) in [7, 11) is 0. The first kappa shape index (κ1) is 25.1. The molecule has 0 N–H and O–H groups in total. The highest BCUT2D eigenvalue weighted by atomic mass is 16.5. The highest BCUT2D eigenvalue weighted by Gasteiger charge is 2.59. The molecule has 0 unspecified atom stereocenters. The van der Waals surface area contributed by atoms with Gasteiger partial charge in [-0.2, -0.15) is 0 Å². The van der Waals surface area contributed by atoms with Crippen molar-refractivity contribution in [1.82, 2.24) is 0 Å². The Labute approximate surface area is 204 Å². The molecule has 0 bridgehead atoms. The van der Waals surface area contributed by atoms with Crippen molar-refractivity contribution in [3.63, 3.8) is 0 Å². The predicted octanol–water partition coefficient (Wildman–Crippen LogP) is 8.37. The van der Waals surface area contributed by atoms with Crippen LogP contribution in [0.3, 0.4) is 0 Å². The monoisotopic (exact) mass is 454 g/mol. The predicted molar refractivity (Wildman–Crippen MR) is 138 cm³/mol. The lowest BCUT2D eigenvalue weighted by Gasteiger charge is -2.58. The maximum atomic E-state index is 11.5. The van der Waals surface area contributed by atoms with Gasteiger partial charge < -0.3 is 4.74 Å². The highest BCUT2D eigenvalue weighted by Crippen LogP contribution is 2.67. The molecule has 0 aliphatic heterocycles. The van der Waals surface area contributed by atoms with Crippen molar-refractivity contribution < 1.29 is 9.53 Å². The van der Waals surface area contributed by atoms with E-state index in [-0.39, 0.29) is 12.1 Å². The SMILES string of the molecule is CC[C@@H](/C=C\[C@@H](C)[C@H]1CC[C@H]2[C@@H]3CC=C4C[C@@H](OC(C)=O)CC[C@]4(C)[C@H]3CC[C@]12C)C(C)C. The van der Waals surface area contributed by atoms with Crippen LogP contribution < -0.4 is 0 Å². The summed E-state index contributed by atoms with van der Waals surface area (Å²) < 4.78 is 5.62. The van der Waals surface area contributed by atoms with Crippen LogP contribution in [0.15, 0.2) is 23.8 Å². The Morgan fingerprint density at radius 1 is 1.09 bits per heavy atom. The van der Waals surface area contributed by atoms with Crippen molar-refractivity contribution in [1.29, 1.82) is 0 Å². The zero-order valence-electron chi connectivity index (χ0n) is 22.5. The van der Waals surface area contributed by atoms with Gasteiger partial charge in [0.1, 0.15) is 6.10 Å². The molecule has 3 fully saturated rings. The second-order valence-electron chi connectivity index (χ2n) is 13.0. The summed E-state index contributed by atoms with van der Waals surface area (Å²) in [6.07, 6.45) is 19.2. The Morgan fingerprint density at radius 3 is 2.52 bits per heavy atom. The molecular formula is C31H50O2. The van der Waals surface area contributed by atoms with Gasteiger partial charge in [-0.1, -0.05) is 65.3 Å². The number of allylic oxidation sites excluding steroid dienone is 3. The topological polar surface area (TPSA) is 26.3 Å². The molecule has 2 nitrogen and oxygen atoms in total. The molecule has 0 aromatic carbocycles. The Kier molecular flexibility index (Phi) is 7.24. The summed E-state index contributed by atoms with van der Waals surface area (Å²) in [6.45, 7) is 16.3. The number of carbonyl (C=O) groups excluding carboxylic acids is 1. The standard InChI is InChI=1S/C31H50O2/c1-8-23(20(2)3)10-9-21(4)27-13-14-28-26-12-11-24-19-25(33-22(5)32)15-17-30(24,6)29(26)16-18-31(27,28)7/h9-11,20-21,23,25-29H,8,12-19H2,1-7H3/b10-9-/t21-,23+,25+,26+,27-,28+,29+,30+,31-/m1/s1. The fraction of sp³-hybridized carbons (Fsp3) is 0.839. The number of carbonyl (C=O) groups is 1. The first-order chi connectivity index (χ1) is 15.6. The lowest BCUT2D eigenvalue weighted by atomic mass is 9.47. The van der Waals surface area contributed by atoms with Crippen molar-refractivity contribution in [3.05, 3.63) is 23.8 Å². The van der Waals surface area contributed by atoms with Crippen LogP contribution in [0.4, 0.5) is 0 Å². The van der Waals surface area contributed by atoms with E-state index in [9.17, 15) is 4.79 Å². The van der Waals surface area contributed by atoms with Crippen LogP contribution in [-0.4, -0.2) is 12.1 Å². The third-order valence-electron chi connectivity index (χ3n) is 11.1. The van der Waals surface area contributed by atoms with E-state index in [1.807, 2.05) is 0 Å². The van der Waals surface area contributed by atoms with E-state index in [0.717, 1.165) is 48.3 Å². The van der Waals surface area contributed by atoms with Crippen LogP contribution in [0.1, 0.15) is 106 Å². The van der Waals surface area contributed by atoms with Gasteiger partial charge in [0.2, 0.25) is 0 Å². The molecule has 4 aliphatic rings. The largest absolute Gasteiger partial charge is 0.462 e. The summed E-state index contributed by atoms with van der Waals surface area (Å²) in [5.41, 5.74) is 2.44. The first-order valence-corrected chi connectivity index (χ1v) is 14.1. The number of ether oxygens (including phenoxy) is 1. The molecule has 0 amide bonds. The van der Waals surface area contributed by atoms with Gasteiger partial charge in [-0.3, -0.25) is 4.79 Å². The van der Waals surface area contributed by atoms with Crippen molar-refractivity contribution in [2.24, 2.45) is 52.3 Å². The van der Waals surface area contributed by atoms with Gasteiger partial charge in [0.15, 0.2) is 0 Å². The van der Waals surface area contributed by atoms with E-state index >= 15 is 0 Å². The Morgan fingerprint density at radius 2 is 1.85 bits per heavy atom. The summed E-state index contributed by atoms with van der Waals surface area (Å²) in [5.74, 6) is 5.41. The van der Waals surface area contributed by atoms with Crippen molar-refractivity contribution in [2.45, 2.75) is 112 Å². The van der Waals surface area contributed by atoms with Crippen LogP contribution >= 0.6 is 0 Å². The smallest absolute Gasteiger partial charge is 0.302 e. The molecular weight excluding hydrogens is 404 g/mol. The average Bonchev–Trinajstić information content (AvgIpc) is 3.11. The quantitative estimate of drug-likeness (QED) is 0.297.